The molecule has 2 aromatic heterocycles. The van der Waals surface area contributed by atoms with Gasteiger partial charge in [-0.1, -0.05) is 22.0 Å². The minimum Gasteiger partial charge on any atom is -0.465 e. The summed E-state index contributed by atoms with van der Waals surface area (Å²) in [6, 6.07) is 8.50. The molecule has 0 unspecified atom stereocenters. The van der Waals surface area contributed by atoms with Crippen LogP contribution in [0.15, 0.2) is 51.3 Å². The van der Waals surface area contributed by atoms with Crippen LogP contribution in [0.2, 0.25) is 0 Å². The summed E-state index contributed by atoms with van der Waals surface area (Å²) in [5.41, 5.74) is 0.538. The molecule has 0 aliphatic rings. The second-order valence-electron chi connectivity index (χ2n) is 4.43. The van der Waals surface area contributed by atoms with E-state index in [0.29, 0.717) is 5.52 Å². The first-order chi connectivity index (χ1) is 10.4. The standard InChI is InChI=1S/C14H10BrNO4S2/c1-20-14(17)13-12(5-7-21-13)22(18,19)16-6-4-9-2-3-10(15)8-11(9)16/h2-8H,1H3. The van der Waals surface area contributed by atoms with E-state index in [1.807, 2.05) is 12.1 Å². The van der Waals surface area contributed by atoms with Gasteiger partial charge in [-0.25, -0.2) is 17.2 Å². The first-order valence-electron chi connectivity index (χ1n) is 6.13. The number of nitrogens with zero attached hydrogens (tertiary/aromatic N) is 1. The highest BCUT2D eigenvalue weighted by Crippen LogP contribution is 2.29. The summed E-state index contributed by atoms with van der Waals surface area (Å²) in [6.45, 7) is 0. The number of rotatable bonds is 3. The predicted octanol–water partition coefficient (Wildman–Crippen LogP) is 3.49. The Kier molecular flexibility index (Phi) is 3.84. The molecule has 0 aliphatic heterocycles. The molecule has 1 aromatic carbocycles. The average molecular weight is 400 g/mol. The van der Waals surface area contributed by atoms with Crippen LogP contribution in [0, 0.1) is 0 Å². The fourth-order valence-electron chi connectivity index (χ4n) is 2.13. The monoisotopic (exact) mass is 399 g/mol. The van der Waals surface area contributed by atoms with Crippen LogP contribution in [0.4, 0.5) is 0 Å². The number of ether oxygens (including phenoxy) is 1. The number of thiophene rings is 1. The molecule has 5 nitrogen and oxygen atoms in total. The third kappa shape index (κ3) is 2.37. The van der Waals surface area contributed by atoms with Crippen LogP contribution in [-0.4, -0.2) is 25.5 Å². The van der Waals surface area contributed by atoms with E-state index in [0.717, 1.165) is 21.2 Å². The molecule has 0 atom stereocenters. The van der Waals surface area contributed by atoms with Gasteiger partial charge < -0.3 is 4.74 Å². The zero-order valence-corrected chi connectivity index (χ0v) is 14.5. The number of fused-ring (bicyclic) bond motifs is 1. The summed E-state index contributed by atoms with van der Waals surface area (Å²) in [5.74, 6) is -0.661. The van der Waals surface area contributed by atoms with Gasteiger partial charge in [0.15, 0.2) is 0 Å². The molecule has 8 heteroatoms. The highest BCUT2D eigenvalue weighted by Gasteiger charge is 2.27. The van der Waals surface area contributed by atoms with Gasteiger partial charge >= 0.3 is 5.97 Å². The first-order valence-corrected chi connectivity index (χ1v) is 9.24. The number of aromatic nitrogens is 1. The Morgan fingerprint density at radius 1 is 1.27 bits per heavy atom. The van der Waals surface area contributed by atoms with Crippen molar-refractivity contribution < 1.29 is 17.9 Å². The molecule has 0 spiro atoms. The Morgan fingerprint density at radius 2 is 2.05 bits per heavy atom. The number of esters is 1. The Balaban J connectivity index is 2.23. The summed E-state index contributed by atoms with van der Waals surface area (Å²) < 4.78 is 32.3. The van der Waals surface area contributed by atoms with E-state index in [1.165, 1.54) is 23.3 Å². The van der Waals surface area contributed by atoms with Gasteiger partial charge in [-0.15, -0.1) is 11.3 Å². The van der Waals surface area contributed by atoms with E-state index in [2.05, 4.69) is 20.7 Å². The molecule has 0 fully saturated rings. The van der Waals surface area contributed by atoms with E-state index in [9.17, 15) is 13.2 Å². The van der Waals surface area contributed by atoms with Crippen molar-refractivity contribution in [2.24, 2.45) is 0 Å². The molecule has 2 heterocycles. The fourth-order valence-corrected chi connectivity index (χ4v) is 5.14. The van der Waals surface area contributed by atoms with Crippen molar-refractivity contribution in [2.75, 3.05) is 7.11 Å². The number of hydrogen-bond acceptors (Lipinski definition) is 5. The van der Waals surface area contributed by atoms with Crippen molar-refractivity contribution >= 4 is 54.2 Å². The van der Waals surface area contributed by atoms with Gasteiger partial charge in [-0.05, 0) is 29.6 Å². The Morgan fingerprint density at radius 3 is 2.77 bits per heavy atom. The lowest BCUT2D eigenvalue weighted by Gasteiger charge is -2.08. The lowest BCUT2D eigenvalue weighted by Crippen LogP contribution is -2.14. The summed E-state index contributed by atoms with van der Waals surface area (Å²) in [4.78, 5) is 11.8. The molecule has 22 heavy (non-hydrogen) atoms. The van der Waals surface area contributed by atoms with Crippen LogP contribution < -0.4 is 0 Å². The van der Waals surface area contributed by atoms with Gasteiger partial charge in [-0.2, -0.15) is 0 Å². The third-order valence-corrected chi connectivity index (χ3v) is 6.41. The highest BCUT2D eigenvalue weighted by molar-refractivity contribution is 9.10. The van der Waals surface area contributed by atoms with Crippen molar-refractivity contribution in [2.45, 2.75) is 4.90 Å². The number of methoxy groups -OCH3 is 1. The summed E-state index contributed by atoms with van der Waals surface area (Å²) >= 11 is 4.37. The molecule has 0 radical (unpaired) electrons. The van der Waals surface area contributed by atoms with Crippen molar-refractivity contribution in [3.05, 3.63) is 51.3 Å². The van der Waals surface area contributed by atoms with Crippen molar-refractivity contribution in [1.82, 2.24) is 3.97 Å². The van der Waals surface area contributed by atoms with Crippen LogP contribution in [0.5, 0.6) is 0 Å². The molecule has 0 amide bonds. The van der Waals surface area contributed by atoms with E-state index >= 15 is 0 Å². The number of halogens is 1. The molecule has 0 aliphatic carbocycles. The molecular formula is C14H10BrNO4S2. The van der Waals surface area contributed by atoms with Crippen molar-refractivity contribution in [1.29, 1.82) is 0 Å². The van der Waals surface area contributed by atoms with E-state index < -0.39 is 16.0 Å². The van der Waals surface area contributed by atoms with Crippen LogP contribution in [-0.2, 0) is 14.8 Å². The van der Waals surface area contributed by atoms with E-state index in [4.69, 9.17) is 0 Å². The van der Waals surface area contributed by atoms with Gasteiger partial charge in [0.25, 0.3) is 10.0 Å². The molecule has 0 N–H and O–H groups in total. The van der Waals surface area contributed by atoms with E-state index in [1.54, 1.807) is 17.5 Å². The number of benzene rings is 1. The summed E-state index contributed by atoms with van der Waals surface area (Å²) in [5, 5.41) is 2.35. The van der Waals surface area contributed by atoms with Gasteiger partial charge in [0.05, 0.1) is 12.6 Å². The number of carbonyl (C=O) groups is 1. The van der Waals surface area contributed by atoms with Crippen LogP contribution in [0.25, 0.3) is 10.9 Å². The lowest BCUT2D eigenvalue weighted by atomic mass is 10.3. The zero-order chi connectivity index (χ0) is 15.9. The average Bonchev–Trinajstić information content (AvgIpc) is 3.13. The lowest BCUT2D eigenvalue weighted by molar-refractivity contribution is 0.0602. The molecule has 3 aromatic rings. The van der Waals surface area contributed by atoms with E-state index in [-0.39, 0.29) is 9.77 Å². The number of hydrogen-bond donors (Lipinski definition) is 0. The molecule has 0 bridgehead atoms. The molecular weight excluding hydrogens is 390 g/mol. The van der Waals surface area contributed by atoms with Gasteiger partial charge in [0.2, 0.25) is 0 Å². The minimum atomic E-state index is -3.88. The second kappa shape index (κ2) is 5.53. The smallest absolute Gasteiger partial charge is 0.349 e. The SMILES string of the molecule is COC(=O)c1sccc1S(=O)(=O)n1ccc2ccc(Br)cc21. The Labute approximate surface area is 139 Å². The second-order valence-corrected chi connectivity index (χ2v) is 8.04. The minimum absolute atomic E-state index is 0.0539. The van der Waals surface area contributed by atoms with Gasteiger partial charge in [0, 0.05) is 16.1 Å². The molecule has 3 rings (SSSR count). The maximum Gasteiger partial charge on any atom is 0.349 e. The summed E-state index contributed by atoms with van der Waals surface area (Å²) in [6.07, 6.45) is 1.48. The summed E-state index contributed by atoms with van der Waals surface area (Å²) in [7, 11) is -2.65. The fraction of sp³-hybridized carbons (Fsp3) is 0.0714. The van der Waals surface area contributed by atoms with Crippen LogP contribution >= 0.6 is 27.3 Å². The third-order valence-electron chi connectivity index (χ3n) is 3.16. The molecule has 114 valence electrons. The molecule has 0 saturated carbocycles. The van der Waals surface area contributed by atoms with Crippen molar-refractivity contribution in [3.63, 3.8) is 0 Å². The van der Waals surface area contributed by atoms with Gasteiger partial charge in [0.1, 0.15) is 9.77 Å². The van der Waals surface area contributed by atoms with Crippen LogP contribution in [0.3, 0.4) is 0 Å². The highest BCUT2D eigenvalue weighted by atomic mass is 79.9. The maximum absolute atomic E-state index is 12.9. The Hall–Kier alpha value is -1.64. The molecule has 0 saturated heterocycles. The topological polar surface area (TPSA) is 65.4 Å². The van der Waals surface area contributed by atoms with Gasteiger partial charge in [-0.3, -0.25) is 0 Å². The van der Waals surface area contributed by atoms with Crippen molar-refractivity contribution in [3.8, 4) is 0 Å². The quantitative estimate of drug-likeness (QED) is 0.632. The first kappa shape index (κ1) is 15.3. The Bertz CT molecular complexity index is 972. The largest absolute Gasteiger partial charge is 0.465 e. The zero-order valence-electron chi connectivity index (χ0n) is 11.3. The maximum atomic E-state index is 12.9. The van der Waals surface area contributed by atoms with Crippen LogP contribution in [0.1, 0.15) is 9.67 Å². The number of carbonyl (C=O) groups excluding carboxylic acids is 1. The predicted molar refractivity (Wildman–Crippen MR) is 87.9 cm³/mol. The normalized spacial score (nSPS) is 11.7.